The molecule has 1 aromatic carbocycles. The molecule has 1 fully saturated rings. The highest BCUT2D eigenvalue weighted by Crippen LogP contribution is 2.27. The fourth-order valence-corrected chi connectivity index (χ4v) is 4.27. The van der Waals surface area contributed by atoms with Gasteiger partial charge >= 0.3 is 0 Å². The van der Waals surface area contributed by atoms with E-state index in [1.165, 1.54) is 45.9 Å². The molecule has 1 aliphatic rings. The van der Waals surface area contributed by atoms with E-state index in [1.807, 2.05) is 0 Å². The van der Waals surface area contributed by atoms with Gasteiger partial charge in [0.15, 0.2) is 0 Å². The van der Waals surface area contributed by atoms with Gasteiger partial charge in [0.2, 0.25) is 10.0 Å². The number of sulfonamides is 1. The van der Waals surface area contributed by atoms with Crippen molar-refractivity contribution < 1.29 is 13.2 Å². The van der Waals surface area contributed by atoms with E-state index in [9.17, 15) is 13.2 Å². The van der Waals surface area contributed by atoms with E-state index in [-0.39, 0.29) is 4.90 Å². The van der Waals surface area contributed by atoms with Crippen LogP contribution in [-0.2, 0) is 14.8 Å². The normalized spacial score (nSPS) is 18.9. The minimum Gasteiger partial charge on any atom is -0.271 e. The van der Waals surface area contributed by atoms with Gasteiger partial charge < -0.3 is 0 Å². The number of rotatable bonds is 4. The minimum atomic E-state index is -3.76. The number of halogens is 1. The molecule has 2 aromatic rings. The fraction of sp³-hybridized carbons (Fsp3) is 0.308. The van der Waals surface area contributed by atoms with Crippen LogP contribution in [0.25, 0.3) is 0 Å². The first kappa shape index (κ1) is 15.9. The Bertz CT molecular complexity index is 792. The molecule has 1 amide bonds. The average molecular weight is 356 g/mol. The van der Waals surface area contributed by atoms with E-state index in [0.717, 1.165) is 0 Å². The third kappa shape index (κ3) is 3.21. The van der Waals surface area contributed by atoms with E-state index in [2.05, 4.69) is 15.6 Å². The Kier molecular flexibility index (Phi) is 4.33. The molecule has 1 atom stereocenters. The monoisotopic (exact) mass is 355 g/mol. The lowest BCUT2D eigenvalue weighted by Gasteiger charge is -2.23. The maximum absolute atomic E-state index is 12.7. The van der Waals surface area contributed by atoms with Crippen molar-refractivity contribution in [2.45, 2.75) is 23.8 Å². The molecular formula is C13H14ClN5O3S. The zero-order valence-electron chi connectivity index (χ0n) is 12.0. The third-order valence-corrected chi connectivity index (χ3v) is 5.76. The number of aromatic nitrogens is 3. The van der Waals surface area contributed by atoms with Crippen molar-refractivity contribution in [3.63, 3.8) is 0 Å². The fourth-order valence-electron chi connectivity index (χ4n) is 2.49. The first-order chi connectivity index (χ1) is 11.0. The van der Waals surface area contributed by atoms with E-state index in [1.54, 1.807) is 0 Å². The summed E-state index contributed by atoms with van der Waals surface area (Å²) in [5.41, 5.74) is 2.55. The second kappa shape index (κ2) is 6.26. The number of carbonyl (C=O) groups is 1. The van der Waals surface area contributed by atoms with Crippen LogP contribution in [0.15, 0.2) is 41.8 Å². The molecule has 3 rings (SSSR count). The Hall–Kier alpha value is -1.97. The maximum atomic E-state index is 12.7. The van der Waals surface area contributed by atoms with Gasteiger partial charge in [-0.05, 0) is 37.1 Å². The molecule has 1 aliphatic heterocycles. The van der Waals surface area contributed by atoms with Crippen LogP contribution in [0.5, 0.6) is 0 Å². The van der Waals surface area contributed by atoms with Crippen LogP contribution in [0.1, 0.15) is 12.8 Å². The zero-order valence-corrected chi connectivity index (χ0v) is 13.5. The second-order valence-electron chi connectivity index (χ2n) is 5.07. The molecule has 0 bridgehead atoms. The number of hydrogen-bond donors (Lipinski definition) is 1. The van der Waals surface area contributed by atoms with Crippen molar-refractivity contribution in [3.05, 3.63) is 41.9 Å². The number of hydrogen-bond acceptors (Lipinski definition) is 5. The summed E-state index contributed by atoms with van der Waals surface area (Å²) in [6.45, 7) is 0.297. The molecule has 1 aromatic heterocycles. The zero-order chi connectivity index (χ0) is 16.4. The van der Waals surface area contributed by atoms with Crippen LogP contribution in [0, 0.1) is 0 Å². The SMILES string of the molecule is O=C(Nn1cnnc1)[C@@H]1CCCN1S(=O)(=O)c1ccc(Cl)cc1. The Morgan fingerprint density at radius 2 is 1.87 bits per heavy atom. The van der Waals surface area contributed by atoms with E-state index >= 15 is 0 Å². The summed E-state index contributed by atoms with van der Waals surface area (Å²) in [5.74, 6) is -0.417. The summed E-state index contributed by atoms with van der Waals surface area (Å²) in [4.78, 5) is 12.5. The van der Waals surface area contributed by atoms with Crippen LogP contribution in [0.4, 0.5) is 0 Å². The molecule has 2 heterocycles. The van der Waals surface area contributed by atoms with Crippen molar-refractivity contribution in [2.24, 2.45) is 0 Å². The molecule has 0 radical (unpaired) electrons. The van der Waals surface area contributed by atoms with Crippen LogP contribution >= 0.6 is 11.6 Å². The molecule has 10 heteroatoms. The molecule has 0 aliphatic carbocycles. The van der Waals surface area contributed by atoms with E-state index < -0.39 is 22.0 Å². The average Bonchev–Trinajstić information content (AvgIpc) is 3.19. The number of amides is 1. The first-order valence-corrected chi connectivity index (χ1v) is 8.73. The number of nitrogens with zero attached hydrogens (tertiary/aromatic N) is 4. The first-order valence-electron chi connectivity index (χ1n) is 6.91. The van der Waals surface area contributed by atoms with E-state index in [0.29, 0.717) is 24.4 Å². The third-order valence-electron chi connectivity index (χ3n) is 3.58. The molecule has 122 valence electrons. The van der Waals surface area contributed by atoms with Crippen molar-refractivity contribution in [1.29, 1.82) is 0 Å². The highest BCUT2D eigenvalue weighted by Gasteiger charge is 2.39. The smallest absolute Gasteiger partial charge is 0.257 e. The molecule has 8 nitrogen and oxygen atoms in total. The van der Waals surface area contributed by atoms with Crippen LogP contribution < -0.4 is 5.43 Å². The Labute approximate surface area is 138 Å². The van der Waals surface area contributed by atoms with Gasteiger partial charge in [0.05, 0.1) is 4.90 Å². The summed E-state index contributed by atoms with van der Waals surface area (Å²) in [5, 5.41) is 7.61. The van der Waals surface area contributed by atoms with Gasteiger partial charge in [-0.3, -0.25) is 10.2 Å². The summed E-state index contributed by atoms with van der Waals surface area (Å²) in [6, 6.07) is 5.13. The predicted molar refractivity (Wildman–Crippen MR) is 82.8 cm³/mol. The lowest BCUT2D eigenvalue weighted by atomic mass is 10.2. The van der Waals surface area contributed by atoms with Gasteiger partial charge in [-0.1, -0.05) is 11.6 Å². The van der Waals surface area contributed by atoms with E-state index in [4.69, 9.17) is 11.6 Å². The molecule has 23 heavy (non-hydrogen) atoms. The molecule has 1 saturated heterocycles. The van der Waals surface area contributed by atoms with Crippen LogP contribution in [0.3, 0.4) is 0 Å². The second-order valence-corrected chi connectivity index (χ2v) is 7.40. The molecule has 0 saturated carbocycles. The standard InChI is InChI=1S/C13H14ClN5O3S/c14-10-3-5-11(6-4-10)23(21,22)19-7-1-2-12(19)13(20)17-18-8-15-16-9-18/h3-6,8-9,12H,1-2,7H2,(H,17,20)/t12-/m0/s1. The Balaban J connectivity index is 1.83. The number of nitrogens with one attached hydrogen (secondary N) is 1. The minimum absolute atomic E-state index is 0.117. The lowest BCUT2D eigenvalue weighted by molar-refractivity contribution is -0.120. The van der Waals surface area contributed by atoms with Crippen molar-refractivity contribution >= 4 is 27.5 Å². The lowest BCUT2D eigenvalue weighted by Crippen LogP contribution is -2.44. The quantitative estimate of drug-likeness (QED) is 0.877. The van der Waals surface area contributed by atoms with Gasteiger partial charge in [-0.25, -0.2) is 13.1 Å². The van der Waals surface area contributed by atoms with Crippen molar-refractivity contribution in [1.82, 2.24) is 19.2 Å². The summed E-state index contributed by atoms with van der Waals surface area (Å²) >= 11 is 5.79. The summed E-state index contributed by atoms with van der Waals surface area (Å²) in [7, 11) is -3.76. The topological polar surface area (TPSA) is 97.2 Å². The van der Waals surface area contributed by atoms with Gasteiger partial charge in [0.1, 0.15) is 18.7 Å². The van der Waals surface area contributed by atoms with Gasteiger partial charge in [-0.2, -0.15) is 4.31 Å². The van der Waals surface area contributed by atoms with Crippen molar-refractivity contribution in [2.75, 3.05) is 12.0 Å². The Morgan fingerprint density at radius 1 is 1.22 bits per heavy atom. The Morgan fingerprint density at radius 3 is 2.52 bits per heavy atom. The molecule has 0 unspecified atom stereocenters. The summed E-state index contributed by atoms with van der Waals surface area (Å²) in [6.07, 6.45) is 3.73. The van der Waals surface area contributed by atoms with Crippen LogP contribution in [-0.4, -0.2) is 46.1 Å². The molecule has 0 spiro atoms. The van der Waals surface area contributed by atoms with Gasteiger partial charge in [0, 0.05) is 11.6 Å². The maximum Gasteiger partial charge on any atom is 0.257 e. The molecule has 1 N–H and O–H groups in total. The number of benzene rings is 1. The highest BCUT2D eigenvalue weighted by atomic mass is 35.5. The largest absolute Gasteiger partial charge is 0.271 e. The predicted octanol–water partition coefficient (Wildman–Crippen LogP) is 0.855. The molecular weight excluding hydrogens is 342 g/mol. The van der Waals surface area contributed by atoms with Gasteiger partial charge in [-0.15, -0.1) is 10.2 Å². The number of carbonyl (C=O) groups excluding carboxylic acids is 1. The van der Waals surface area contributed by atoms with Crippen molar-refractivity contribution in [3.8, 4) is 0 Å². The van der Waals surface area contributed by atoms with Gasteiger partial charge in [0.25, 0.3) is 5.91 Å². The van der Waals surface area contributed by atoms with Crippen LogP contribution in [0.2, 0.25) is 5.02 Å². The highest BCUT2D eigenvalue weighted by molar-refractivity contribution is 7.89. The summed E-state index contributed by atoms with van der Waals surface area (Å²) < 4.78 is 28.0.